The lowest BCUT2D eigenvalue weighted by molar-refractivity contribution is -0.145. The Labute approximate surface area is 566 Å². The van der Waals surface area contributed by atoms with Gasteiger partial charge in [0, 0.05) is 100.0 Å². The first kappa shape index (κ1) is 75.9. The van der Waals surface area contributed by atoms with Crippen molar-refractivity contribution in [2.45, 2.75) is 159 Å². The van der Waals surface area contributed by atoms with E-state index in [9.17, 15) is 78.0 Å². The van der Waals surface area contributed by atoms with Gasteiger partial charge in [-0.15, -0.1) is 0 Å². The topological polar surface area (TPSA) is 455 Å². The van der Waals surface area contributed by atoms with Crippen LogP contribution in [0.2, 0.25) is 0 Å². The molecule has 30 nitrogen and oxygen atoms in total. The summed E-state index contributed by atoms with van der Waals surface area (Å²) in [5.74, 6) is -18.0. The van der Waals surface area contributed by atoms with E-state index in [0.717, 1.165) is 9.80 Å². The Morgan fingerprint density at radius 3 is 2.12 bits per heavy atom. The normalized spacial score (nSPS) is 25.2. The maximum absolute atomic E-state index is 15.1. The summed E-state index contributed by atoms with van der Waals surface area (Å²) in [7, 11) is -2.43. The molecular formula is C65H87N11O19S2. The van der Waals surface area contributed by atoms with E-state index >= 15 is 13.8 Å². The van der Waals surface area contributed by atoms with Gasteiger partial charge in [0.25, 0.3) is 0 Å². The van der Waals surface area contributed by atoms with Crippen molar-refractivity contribution >= 4 is 121 Å². The molecule has 7 rings (SSSR count). The number of nitrogens with one attached hydrogen (secondary N) is 9. The summed E-state index contributed by atoms with van der Waals surface area (Å²) in [5, 5.41) is 63.2. The number of phenols is 1. The fraction of sp³-hybridized carbons (Fsp3) is 0.569. The number of rotatable bonds is 20. The highest BCUT2D eigenvalue weighted by Gasteiger charge is 2.46. The number of ketones is 3. The number of imide groups is 1. The summed E-state index contributed by atoms with van der Waals surface area (Å²) in [6, 6.07) is 2.86. The second-order valence-corrected chi connectivity index (χ2v) is 28.1. The van der Waals surface area contributed by atoms with Crippen LogP contribution in [0.3, 0.4) is 0 Å². The minimum atomic E-state index is -2.43. The molecule has 11 amide bonds. The lowest BCUT2D eigenvalue weighted by atomic mass is 9.83. The third-order valence-electron chi connectivity index (χ3n) is 18.2. The van der Waals surface area contributed by atoms with Crippen molar-refractivity contribution < 1.29 is 91.8 Å². The Morgan fingerprint density at radius 2 is 1.47 bits per heavy atom. The van der Waals surface area contributed by atoms with Gasteiger partial charge in [-0.3, -0.25) is 76.2 Å². The zero-order valence-corrected chi connectivity index (χ0v) is 56.7. The summed E-state index contributed by atoms with van der Waals surface area (Å²) in [5.41, 5.74) is 1.01. The number of benzene rings is 2. The minimum Gasteiger partial charge on any atom is -0.508 e. The average Bonchev–Trinajstić information content (AvgIpc) is 1.65. The van der Waals surface area contributed by atoms with Crippen molar-refractivity contribution in [3.63, 3.8) is 0 Å². The molecule has 4 aliphatic heterocycles. The Kier molecular flexibility index (Phi) is 26.7. The van der Waals surface area contributed by atoms with Crippen molar-refractivity contribution in [3.8, 4) is 5.75 Å². The van der Waals surface area contributed by atoms with Crippen molar-refractivity contribution in [2.24, 2.45) is 35.5 Å². The molecule has 1 aromatic heterocycles. The van der Waals surface area contributed by atoms with E-state index < -0.39 is 223 Å². The number of H-pyrrole nitrogens is 1. The number of aromatic amines is 1. The monoisotopic (exact) mass is 1390 g/mol. The van der Waals surface area contributed by atoms with E-state index in [-0.39, 0.29) is 77.3 Å². The summed E-state index contributed by atoms with van der Waals surface area (Å²) >= 11 is 1.25. The van der Waals surface area contributed by atoms with Gasteiger partial charge in [0.15, 0.2) is 17.3 Å². The molecule has 32 heteroatoms. The number of carbonyl (C=O) groups is 14. The number of anilines is 1. The second-order valence-electron chi connectivity index (χ2n) is 25.7. The van der Waals surface area contributed by atoms with E-state index in [1.165, 1.54) is 55.9 Å². The van der Waals surface area contributed by atoms with Crippen molar-refractivity contribution in [2.75, 3.05) is 50.1 Å². The molecule has 13 unspecified atom stereocenters. The van der Waals surface area contributed by atoms with Crippen LogP contribution in [-0.2, 0) is 90.9 Å². The van der Waals surface area contributed by atoms with Crippen molar-refractivity contribution in [1.82, 2.24) is 52.0 Å². The van der Waals surface area contributed by atoms with Crippen LogP contribution in [0.1, 0.15) is 104 Å². The molecule has 2 fully saturated rings. The van der Waals surface area contributed by atoms with Crippen molar-refractivity contribution in [3.05, 3.63) is 53.6 Å². The molecule has 0 saturated carbocycles. The molecule has 5 heterocycles. The summed E-state index contributed by atoms with van der Waals surface area (Å²) in [6.07, 6.45) is -4.74. The molecule has 0 aliphatic carbocycles. The van der Waals surface area contributed by atoms with Crippen LogP contribution < -0.4 is 42.5 Å². The number of fused-ring (bicyclic) bond motifs is 5. The highest BCUT2D eigenvalue weighted by molar-refractivity contribution is 8.00. The molecule has 97 heavy (non-hydrogen) atoms. The number of nitrogens with zero attached hydrogens (tertiary/aromatic N) is 2. The molecule has 2 aromatic carbocycles. The van der Waals surface area contributed by atoms with Crippen LogP contribution in [0.15, 0.2) is 47.5 Å². The van der Waals surface area contributed by atoms with Gasteiger partial charge >= 0.3 is 0 Å². The van der Waals surface area contributed by atoms with E-state index in [0.29, 0.717) is 17.7 Å². The molecule has 2 bridgehead atoms. The highest BCUT2D eigenvalue weighted by Crippen LogP contribution is 2.33. The SMILES string of the molecule is CCC(C)C1NC(=O)CNC(=O)C2Cc3c([nH]c4cc(O)ccc34)S(=O)CC(NC(=O)CNC1=O)C(=O)CC(CC(=O)NCc1ccc(NC(=O)[C@H](C)CC(=O)C(NC(=O)CCN3C(=O)CC(SC)C3=O)C(C)C)cc1)C(=O)N1CC(O)CC1C(=O)CC(C(C)C(O)CO)C(=O)N2. The zero-order chi connectivity index (χ0) is 71.3. The molecule has 3 aromatic rings. The lowest BCUT2D eigenvalue weighted by Gasteiger charge is -2.31. The summed E-state index contributed by atoms with van der Waals surface area (Å²) < 4.78 is 15.1. The van der Waals surface area contributed by atoms with Gasteiger partial charge in [-0.25, -0.2) is 0 Å². The first-order chi connectivity index (χ1) is 45.9. The first-order valence-corrected chi connectivity index (χ1v) is 34.9. The number of thioether (sulfide) groups is 1. The van der Waals surface area contributed by atoms with Gasteiger partial charge in [-0.1, -0.05) is 60.1 Å². The Hall–Kier alpha value is -8.46. The van der Waals surface area contributed by atoms with Gasteiger partial charge in [0.05, 0.1) is 83.3 Å². The Balaban J connectivity index is 1.15. The van der Waals surface area contributed by atoms with Crippen LogP contribution in [-0.4, -0.2) is 214 Å². The smallest absolute Gasteiger partial charge is 0.243 e. The number of amides is 11. The number of phenolic OH excluding ortho intramolecular Hbond substituents is 1. The van der Waals surface area contributed by atoms with Crippen LogP contribution >= 0.6 is 11.8 Å². The van der Waals surface area contributed by atoms with E-state index in [4.69, 9.17) is 0 Å². The molecule has 0 radical (unpaired) electrons. The first-order valence-electron chi connectivity index (χ1n) is 32.3. The van der Waals surface area contributed by atoms with Crippen LogP contribution in [0, 0.1) is 35.5 Å². The number of aromatic hydroxyl groups is 1. The minimum absolute atomic E-state index is 0.0442. The standard InChI is InChI=1S/C65H87N11O19S2/c1-8-32(4)58-62(92)68-26-54(86)70-45-30-97(95)63-42(40-14-13-38(78)20-43(40)72-63)22-44(61(91)67-27-55(87)74-58)71-60(90)41(34(6)50(83)29-77)23-48(81)46-21-39(79)28-76(46)64(93)36(18-47(45)80)19-53(85)66-25-35-9-11-37(12-10-35)69-59(89)33(5)17-49(82)57(31(2)3)73-52(84)15-16-75-56(88)24-51(96-7)65(75)94/h9-14,20,31-34,36,39,41,44-46,50-51,57-58,72,77-79,83H,8,15-19,21-30H2,1-7H3,(H,66,85)(H,67,91)(H,68,92)(H,69,89)(H,70,86)(H,71,90)(H,73,84)(H,74,87)/t32?,33-,34?,36?,39?,41?,44?,45?,46?,50?,51?,57?,58?,97?/m1/s1. The molecule has 0 spiro atoms. The molecular weight excluding hydrogens is 1300 g/mol. The van der Waals surface area contributed by atoms with Crippen LogP contribution in [0.4, 0.5) is 5.69 Å². The largest absolute Gasteiger partial charge is 0.508 e. The van der Waals surface area contributed by atoms with E-state index in [1.54, 1.807) is 46.1 Å². The Bertz CT molecular complexity index is 3550. The number of carbonyl (C=O) groups excluding carboxylic acids is 14. The maximum Gasteiger partial charge on any atom is 0.243 e. The maximum atomic E-state index is 15.1. The van der Waals surface area contributed by atoms with E-state index in [1.807, 2.05) is 0 Å². The zero-order valence-electron chi connectivity index (χ0n) is 55.1. The molecule has 2 saturated heterocycles. The third kappa shape index (κ3) is 19.7. The van der Waals surface area contributed by atoms with Gasteiger partial charge < -0.3 is 72.8 Å². The number of hydrogen-bond donors (Lipinski definition) is 13. The molecule has 4 aliphatic rings. The highest BCUT2D eigenvalue weighted by atomic mass is 32.2. The molecule has 14 atom stereocenters. The molecule has 13 N–H and O–H groups in total. The predicted molar refractivity (Wildman–Crippen MR) is 351 cm³/mol. The van der Waals surface area contributed by atoms with Crippen LogP contribution in [0.25, 0.3) is 10.9 Å². The number of aromatic nitrogens is 1. The summed E-state index contributed by atoms with van der Waals surface area (Å²) in [4.78, 5) is 200. The van der Waals surface area contributed by atoms with E-state index in [2.05, 4.69) is 47.5 Å². The van der Waals surface area contributed by atoms with Gasteiger partial charge in [0.1, 0.15) is 22.9 Å². The van der Waals surface area contributed by atoms with Gasteiger partial charge in [-0.05, 0) is 59.4 Å². The van der Waals surface area contributed by atoms with Gasteiger partial charge in [0.2, 0.25) is 65.0 Å². The second kappa shape index (κ2) is 34.2. The quantitative estimate of drug-likeness (QED) is 0.0582. The lowest BCUT2D eigenvalue weighted by Crippen LogP contribution is -2.56. The predicted octanol–water partition coefficient (Wildman–Crippen LogP) is -1.35. The number of hydrogen-bond acceptors (Lipinski definition) is 20. The average molecular weight is 1390 g/mol. The summed E-state index contributed by atoms with van der Waals surface area (Å²) in [6.45, 7) is 6.41. The Morgan fingerprint density at radius 1 is 0.794 bits per heavy atom. The van der Waals surface area contributed by atoms with Crippen molar-refractivity contribution in [1.29, 1.82) is 0 Å². The fourth-order valence-corrected chi connectivity index (χ4v) is 14.2. The molecule has 528 valence electrons. The number of aliphatic hydroxyl groups excluding tert-OH is 3. The number of aliphatic hydroxyl groups is 3. The van der Waals surface area contributed by atoms with Gasteiger partial charge in [-0.2, -0.15) is 11.8 Å². The third-order valence-corrected chi connectivity index (χ3v) is 20.6. The number of Topliss-reactive ketones (excluding diaryl/α,β-unsaturated/α-hetero) is 3. The number of likely N-dealkylation sites (tertiary alicyclic amines) is 1. The van der Waals surface area contributed by atoms with Crippen LogP contribution in [0.5, 0.6) is 5.75 Å². The fourth-order valence-electron chi connectivity index (χ4n) is 12.2.